The molecule has 1 aliphatic rings. The molecule has 2 nitrogen and oxygen atoms in total. The normalized spacial score (nSPS) is 23.3. The van der Waals surface area contributed by atoms with Crippen molar-refractivity contribution in [2.45, 2.75) is 31.7 Å². The van der Waals surface area contributed by atoms with Crippen molar-refractivity contribution in [1.82, 2.24) is 0 Å². The molecule has 0 radical (unpaired) electrons. The van der Waals surface area contributed by atoms with Crippen LogP contribution in [0, 0.1) is 4.91 Å². The molecular formula is C13H14ClNO. The maximum Gasteiger partial charge on any atom is 0.113 e. The largest absolute Gasteiger partial charge is 0.150 e. The summed E-state index contributed by atoms with van der Waals surface area (Å²) in [4.78, 5) is 10.7. The Hall–Kier alpha value is -1.15. The summed E-state index contributed by atoms with van der Waals surface area (Å²) in [6.45, 7) is 0. The van der Waals surface area contributed by atoms with E-state index in [0.717, 1.165) is 41.8 Å². The van der Waals surface area contributed by atoms with E-state index < -0.39 is 0 Å². The van der Waals surface area contributed by atoms with Crippen molar-refractivity contribution >= 4 is 17.7 Å². The molecule has 1 aromatic rings. The Morgan fingerprint density at radius 2 is 2.12 bits per heavy atom. The molecule has 0 amide bonds. The average Bonchev–Trinajstić information content (AvgIpc) is 2.33. The van der Waals surface area contributed by atoms with E-state index >= 15 is 0 Å². The summed E-state index contributed by atoms with van der Waals surface area (Å²) in [5, 5.41) is 3.92. The highest BCUT2D eigenvalue weighted by molar-refractivity contribution is 6.32. The summed E-state index contributed by atoms with van der Waals surface area (Å²) in [6.07, 6.45) is 6.09. The summed E-state index contributed by atoms with van der Waals surface area (Å²) < 4.78 is 0. The maximum absolute atomic E-state index is 10.7. The molecule has 1 atom stereocenters. The number of nitrogens with zero attached hydrogens (tertiary/aromatic N) is 1. The molecule has 1 unspecified atom stereocenters. The van der Waals surface area contributed by atoms with Gasteiger partial charge in [-0.1, -0.05) is 47.5 Å². The van der Waals surface area contributed by atoms with Gasteiger partial charge in [-0.15, -0.1) is 0 Å². The van der Waals surface area contributed by atoms with Gasteiger partial charge in [0.15, 0.2) is 0 Å². The molecular weight excluding hydrogens is 222 g/mol. The van der Waals surface area contributed by atoms with Crippen LogP contribution in [-0.2, 0) is 0 Å². The predicted molar refractivity (Wildman–Crippen MR) is 67.5 cm³/mol. The molecule has 84 valence electrons. The fourth-order valence-electron chi connectivity index (χ4n) is 2.10. The van der Waals surface area contributed by atoms with E-state index in [4.69, 9.17) is 11.6 Å². The van der Waals surface area contributed by atoms with Crippen molar-refractivity contribution in [2.75, 3.05) is 0 Å². The van der Waals surface area contributed by atoms with Gasteiger partial charge in [0.2, 0.25) is 0 Å². The van der Waals surface area contributed by atoms with Crippen LogP contribution in [0.4, 0.5) is 0 Å². The molecule has 1 saturated carbocycles. The number of halogens is 1. The number of benzene rings is 1. The van der Waals surface area contributed by atoms with E-state index in [1.165, 1.54) is 0 Å². The van der Waals surface area contributed by atoms with Crippen molar-refractivity contribution in [1.29, 1.82) is 0 Å². The Bertz CT molecular complexity index is 414. The molecule has 0 aromatic heterocycles. The molecule has 1 fully saturated rings. The first-order chi connectivity index (χ1) is 7.81. The van der Waals surface area contributed by atoms with E-state index in [0.29, 0.717) is 0 Å². The van der Waals surface area contributed by atoms with Gasteiger partial charge in [0.1, 0.15) is 6.04 Å². The SMILES string of the molecule is O=NC1CCCCC1=Cc1ccccc1Cl. The Morgan fingerprint density at radius 1 is 1.31 bits per heavy atom. The summed E-state index contributed by atoms with van der Waals surface area (Å²) >= 11 is 6.08. The molecule has 0 N–H and O–H groups in total. The van der Waals surface area contributed by atoms with Gasteiger partial charge in [-0.05, 0) is 36.5 Å². The Balaban J connectivity index is 2.28. The van der Waals surface area contributed by atoms with Crippen LogP contribution in [0.2, 0.25) is 5.02 Å². The molecule has 2 rings (SSSR count). The summed E-state index contributed by atoms with van der Waals surface area (Å²) in [6, 6.07) is 7.53. The first-order valence-corrected chi connectivity index (χ1v) is 5.96. The van der Waals surface area contributed by atoms with Crippen molar-refractivity contribution in [3.8, 4) is 0 Å². The van der Waals surface area contributed by atoms with Crippen molar-refractivity contribution < 1.29 is 0 Å². The quantitative estimate of drug-likeness (QED) is 0.697. The molecule has 1 aromatic carbocycles. The molecule has 0 bridgehead atoms. The minimum absolute atomic E-state index is 0.148. The van der Waals surface area contributed by atoms with Crippen LogP contribution in [0.1, 0.15) is 31.2 Å². The van der Waals surface area contributed by atoms with E-state index in [1.807, 2.05) is 30.3 Å². The van der Waals surface area contributed by atoms with Gasteiger partial charge in [0, 0.05) is 5.02 Å². The second-order valence-corrected chi connectivity index (χ2v) is 4.51. The summed E-state index contributed by atoms with van der Waals surface area (Å²) in [5.41, 5.74) is 2.10. The van der Waals surface area contributed by atoms with Gasteiger partial charge in [-0.25, -0.2) is 0 Å². The third-order valence-corrected chi connectivity index (χ3v) is 3.34. The second-order valence-electron chi connectivity index (χ2n) is 4.11. The average molecular weight is 236 g/mol. The molecule has 16 heavy (non-hydrogen) atoms. The Morgan fingerprint density at radius 3 is 2.88 bits per heavy atom. The van der Waals surface area contributed by atoms with Gasteiger partial charge >= 0.3 is 0 Å². The van der Waals surface area contributed by atoms with E-state index in [9.17, 15) is 4.91 Å². The molecule has 0 aliphatic heterocycles. The minimum Gasteiger partial charge on any atom is -0.150 e. The van der Waals surface area contributed by atoms with Crippen molar-refractivity contribution in [3.63, 3.8) is 0 Å². The lowest BCUT2D eigenvalue weighted by atomic mass is 9.89. The number of hydrogen-bond donors (Lipinski definition) is 0. The monoisotopic (exact) mass is 235 g/mol. The van der Waals surface area contributed by atoms with E-state index in [1.54, 1.807) is 0 Å². The molecule has 1 aliphatic carbocycles. The maximum atomic E-state index is 10.7. The lowest BCUT2D eigenvalue weighted by Crippen LogP contribution is -2.12. The summed E-state index contributed by atoms with van der Waals surface area (Å²) in [7, 11) is 0. The molecule has 0 heterocycles. The first kappa shape index (κ1) is 11.3. The number of nitroso groups, excluding NO2 is 1. The van der Waals surface area contributed by atoms with Gasteiger partial charge in [0.05, 0.1) is 0 Å². The first-order valence-electron chi connectivity index (χ1n) is 5.58. The van der Waals surface area contributed by atoms with Crippen LogP contribution in [-0.4, -0.2) is 6.04 Å². The van der Waals surface area contributed by atoms with Crippen LogP contribution in [0.3, 0.4) is 0 Å². The smallest absolute Gasteiger partial charge is 0.113 e. The van der Waals surface area contributed by atoms with Gasteiger partial charge in [-0.3, -0.25) is 0 Å². The molecule has 3 heteroatoms. The third-order valence-electron chi connectivity index (χ3n) is 2.99. The third kappa shape index (κ3) is 2.50. The standard InChI is InChI=1S/C13H14ClNO/c14-12-7-3-1-5-10(12)9-11-6-2-4-8-13(11)15-16/h1,3,5,7,9,13H,2,4,6,8H2. The minimum atomic E-state index is -0.148. The van der Waals surface area contributed by atoms with Gasteiger partial charge in [-0.2, -0.15) is 4.91 Å². The van der Waals surface area contributed by atoms with Gasteiger partial charge < -0.3 is 0 Å². The zero-order valence-corrected chi connectivity index (χ0v) is 9.78. The van der Waals surface area contributed by atoms with E-state index in [-0.39, 0.29) is 6.04 Å². The fourth-order valence-corrected chi connectivity index (χ4v) is 2.29. The molecule has 0 spiro atoms. The molecule has 0 saturated heterocycles. The summed E-state index contributed by atoms with van der Waals surface area (Å²) in [5.74, 6) is 0. The highest BCUT2D eigenvalue weighted by Gasteiger charge is 2.19. The van der Waals surface area contributed by atoms with Crippen LogP contribution < -0.4 is 0 Å². The Kier molecular flexibility index (Phi) is 3.73. The zero-order chi connectivity index (χ0) is 11.4. The van der Waals surface area contributed by atoms with E-state index in [2.05, 4.69) is 5.18 Å². The van der Waals surface area contributed by atoms with Crippen LogP contribution in [0.15, 0.2) is 35.0 Å². The fraction of sp³-hybridized carbons (Fsp3) is 0.385. The lowest BCUT2D eigenvalue weighted by molar-refractivity contribution is 0.539. The lowest BCUT2D eigenvalue weighted by Gasteiger charge is -2.19. The Labute approximate surface area is 100 Å². The zero-order valence-electron chi connectivity index (χ0n) is 9.03. The second kappa shape index (κ2) is 5.26. The van der Waals surface area contributed by atoms with Crippen LogP contribution >= 0.6 is 11.6 Å². The van der Waals surface area contributed by atoms with Crippen molar-refractivity contribution in [3.05, 3.63) is 45.3 Å². The highest BCUT2D eigenvalue weighted by Crippen LogP contribution is 2.29. The van der Waals surface area contributed by atoms with Crippen LogP contribution in [0.25, 0.3) is 6.08 Å². The van der Waals surface area contributed by atoms with Gasteiger partial charge in [0.25, 0.3) is 0 Å². The van der Waals surface area contributed by atoms with Crippen LogP contribution in [0.5, 0.6) is 0 Å². The number of hydrogen-bond acceptors (Lipinski definition) is 2. The predicted octanol–water partition coefficient (Wildman–Crippen LogP) is 4.43. The van der Waals surface area contributed by atoms with Crippen molar-refractivity contribution in [2.24, 2.45) is 5.18 Å². The number of rotatable bonds is 2. The highest BCUT2D eigenvalue weighted by atomic mass is 35.5. The topological polar surface area (TPSA) is 29.4 Å².